The Balaban J connectivity index is 2.07. The smallest absolute Gasteiger partial charge is 0.408 e. The minimum Gasteiger partial charge on any atom is -0.508 e. The van der Waals surface area contributed by atoms with Gasteiger partial charge in [-0.1, -0.05) is 37.3 Å². The van der Waals surface area contributed by atoms with Gasteiger partial charge in [-0.3, -0.25) is 9.59 Å². The molecular formula is C34H43N3O6. The van der Waals surface area contributed by atoms with Crippen molar-refractivity contribution in [2.75, 3.05) is 19.0 Å². The number of ether oxygens (including phenoxy) is 2. The Bertz CT molecular complexity index is 1400. The van der Waals surface area contributed by atoms with E-state index >= 15 is 0 Å². The maximum atomic E-state index is 14.5. The summed E-state index contributed by atoms with van der Waals surface area (Å²) in [4.78, 5) is 43.0. The lowest BCUT2D eigenvalue weighted by atomic mass is 9.94. The summed E-state index contributed by atoms with van der Waals surface area (Å²) < 4.78 is 10.7. The molecule has 0 aromatic heterocycles. The van der Waals surface area contributed by atoms with Crippen LogP contribution in [-0.2, 0) is 20.7 Å². The number of phenols is 1. The van der Waals surface area contributed by atoms with Crippen LogP contribution in [0, 0.1) is 13.8 Å². The molecule has 43 heavy (non-hydrogen) atoms. The molecule has 0 aliphatic carbocycles. The topological polar surface area (TPSA) is 117 Å². The quantitative estimate of drug-likeness (QED) is 0.250. The SMILES string of the molecule is CCCN(C(=O)C(Cc1ccc(O)cc1)NC(=O)OC(C)(C)C)C(C(=O)Nc1ccc(OC)cc1)c1cccc(C)c1C. The van der Waals surface area contributed by atoms with Gasteiger partial charge in [-0.25, -0.2) is 4.79 Å². The van der Waals surface area contributed by atoms with E-state index in [1.807, 2.05) is 39.0 Å². The lowest BCUT2D eigenvalue weighted by Crippen LogP contribution is -2.53. The van der Waals surface area contributed by atoms with Crippen molar-refractivity contribution in [2.45, 2.75) is 72.1 Å². The minimum absolute atomic E-state index is 0.0875. The van der Waals surface area contributed by atoms with Crippen LogP contribution >= 0.6 is 0 Å². The van der Waals surface area contributed by atoms with Gasteiger partial charge in [0.15, 0.2) is 0 Å². The number of hydrogen-bond donors (Lipinski definition) is 3. The average Bonchev–Trinajstić information content (AvgIpc) is 2.94. The van der Waals surface area contributed by atoms with E-state index in [1.165, 1.54) is 17.0 Å². The first-order valence-corrected chi connectivity index (χ1v) is 14.4. The fourth-order valence-corrected chi connectivity index (χ4v) is 4.73. The molecule has 0 bridgehead atoms. The summed E-state index contributed by atoms with van der Waals surface area (Å²) in [5.41, 5.74) is 3.05. The van der Waals surface area contributed by atoms with Gasteiger partial charge < -0.3 is 30.1 Å². The maximum absolute atomic E-state index is 14.5. The van der Waals surface area contributed by atoms with Crippen LogP contribution < -0.4 is 15.4 Å². The summed E-state index contributed by atoms with van der Waals surface area (Å²) in [5, 5.41) is 15.5. The van der Waals surface area contributed by atoms with Crippen LogP contribution in [0.2, 0.25) is 0 Å². The Kier molecular flexibility index (Phi) is 11.2. The van der Waals surface area contributed by atoms with E-state index in [-0.39, 0.29) is 24.6 Å². The highest BCUT2D eigenvalue weighted by atomic mass is 16.6. The number of methoxy groups -OCH3 is 1. The molecule has 0 saturated heterocycles. The molecule has 3 N–H and O–H groups in total. The molecule has 0 fully saturated rings. The molecule has 0 saturated carbocycles. The predicted octanol–water partition coefficient (Wildman–Crippen LogP) is 6.07. The summed E-state index contributed by atoms with van der Waals surface area (Å²) in [6.07, 6.45) is -0.0496. The highest BCUT2D eigenvalue weighted by Crippen LogP contribution is 2.29. The standard InChI is InChI=1S/C34H43N3O6/c1-8-20-37(32(40)29(36-33(41)43-34(4,5)6)21-24-12-16-26(38)17-13-24)30(28-11-9-10-22(2)23(28)3)31(39)35-25-14-18-27(42-7)19-15-25/h9-19,29-30,38H,8,20-21H2,1-7H3,(H,35,39)(H,36,41). The summed E-state index contributed by atoms with van der Waals surface area (Å²) in [5.74, 6) is -0.0837. The monoisotopic (exact) mass is 589 g/mol. The third-order valence-corrected chi connectivity index (χ3v) is 6.97. The Morgan fingerprint density at radius 1 is 0.953 bits per heavy atom. The highest BCUT2D eigenvalue weighted by molar-refractivity contribution is 5.99. The number of rotatable bonds is 11. The molecule has 2 atom stereocenters. The average molecular weight is 590 g/mol. The minimum atomic E-state index is -1.05. The first kappa shape index (κ1) is 33.0. The largest absolute Gasteiger partial charge is 0.508 e. The first-order chi connectivity index (χ1) is 20.3. The number of aryl methyl sites for hydroxylation is 1. The number of amides is 3. The molecule has 0 aliphatic heterocycles. The van der Waals surface area contributed by atoms with Crippen molar-refractivity contribution in [1.29, 1.82) is 0 Å². The molecule has 230 valence electrons. The molecule has 2 unspecified atom stereocenters. The van der Waals surface area contributed by atoms with Crippen LogP contribution in [-0.4, -0.2) is 53.2 Å². The Labute approximate surface area is 254 Å². The van der Waals surface area contributed by atoms with Crippen molar-refractivity contribution in [3.05, 3.63) is 89.0 Å². The van der Waals surface area contributed by atoms with E-state index in [0.717, 1.165) is 16.7 Å². The molecule has 9 nitrogen and oxygen atoms in total. The molecule has 9 heteroatoms. The zero-order valence-corrected chi connectivity index (χ0v) is 26.1. The molecule has 3 amide bonds. The number of carbonyl (C=O) groups excluding carboxylic acids is 3. The number of phenolic OH excluding ortho intramolecular Hbond substituents is 1. The fraction of sp³-hybridized carbons (Fsp3) is 0.382. The summed E-state index contributed by atoms with van der Waals surface area (Å²) >= 11 is 0. The molecule has 0 heterocycles. The van der Waals surface area contributed by atoms with Crippen LogP contribution in [0.1, 0.15) is 62.4 Å². The van der Waals surface area contributed by atoms with Gasteiger partial charge in [0, 0.05) is 18.7 Å². The van der Waals surface area contributed by atoms with Gasteiger partial charge in [-0.15, -0.1) is 0 Å². The highest BCUT2D eigenvalue weighted by Gasteiger charge is 2.37. The Hall–Kier alpha value is -4.53. The number of benzene rings is 3. The van der Waals surface area contributed by atoms with Crippen molar-refractivity contribution in [2.24, 2.45) is 0 Å². The van der Waals surface area contributed by atoms with Crippen LogP contribution in [0.15, 0.2) is 66.7 Å². The zero-order valence-electron chi connectivity index (χ0n) is 26.1. The molecule has 0 spiro atoms. The van der Waals surface area contributed by atoms with Crippen LogP contribution in [0.4, 0.5) is 10.5 Å². The second-order valence-corrected chi connectivity index (χ2v) is 11.5. The summed E-state index contributed by atoms with van der Waals surface area (Å²) in [6, 6.07) is 17.0. The van der Waals surface area contributed by atoms with Crippen molar-refractivity contribution < 1.29 is 29.0 Å². The van der Waals surface area contributed by atoms with Gasteiger partial charge in [0.05, 0.1) is 7.11 Å². The Morgan fingerprint density at radius 2 is 1.60 bits per heavy atom. The van der Waals surface area contributed by atoms with Crippen LogP contribution in [0.25, 0.3) is 0 Å². The number of alkyl carbamates (subject to hydrolysis) is 1. The van der Waals surface area contributed by atoms with Gasteiger partial charge >= 0.3 is 6.09 Å². The third-order valence-electron chi connectivity index (χ3n) is 6.97. The lowest BCUT2D eigenvalue weighted by Gasteiger charge is -2.35. The Morgan fingerprint density at radius 3 is 2.19 bits per heavy atom. The lowest BCUT2D eigenvalue weighted by molar-refractivity contribution is -0.140. The van der Waals surface area contributed by atoms with E-state index in [1.54, 1.807) is 64.3 Å². The molecule has 0 aliphatic rings. The number of carbonyl (C=O) groups is 3. The first-order valence-electron chi connectivity index (χ1n) is 14.4. The number of nitrogens with zero attached hydrogens (tertiary/aromatic N) is 1. The number of hydrogen-bond acceptors (Lipinski definition) is 6. The van der Waals surface area contributed by atoms with Gasteiger partial charge in [0.2, 0.25) is 5.91 Å². The van der Waals surface area contributed by atoms with Gasteiger partial charge in [0.25, 0.3) is 5.91 Å². The van der Waals surface area contributed by atoms with Gasteiger partial charge in [0.1, 0.15) is 29.2 Å². The van der Waals surface area contributed by atoms with Crippen LogP contribution in [0.5, 0.6) is 11.5 Å². The summed E-state index contributed by atoms with van der Waals surface area (Å²) in [7, 11) is 1.57. The van der Waals surface area contributed by atoms with Crippen molar-refractivity contribution in [1.82, 2.24) is 10.2 Å². The van der Waals surface area contributed by atoms with E-state index in [9.17, 15) is 19.5 Å². The van der Waals surface area contributed by atoms with Crippen molar-refractivity contribution >= 4 is 23.6 Å². The fourth-order valence-electron chi connectivity index (χ4n) is 4.73. The van der Waals surface area contributed by atoms with Crippen LogP contribution in [0.3, 0.4) is 0 Å². The zero-order chi connectivity index (χ0) is 31.7. The van der Waals surface area contributed by atoms with E-state index in [0.29, 0.717) is 23.4 Å². The van der Waals surface area contributed by atoms with Gasteiger partial charge in [-0.2, -0.15) is 0 Å². The third kappa shape index (κ3) is 9.23. The molecule has 0 radical (unpaired) electrons. The van der Waals surface area contributed by atoms with Gasteiger partial charge in [-0.05, 0) is 99.7 Å². The number of nitrogens with one attached hydrogen (secondary N) is 2. The maximum Gasteiger partial charge on any atom is 0.408 e. The number of anilines is 1. The second kappa shape index (κ2) is 14.6. The van der Waals surface area contributed by atoms with E-state index in [2.05, 4.69) is 10.6 Å². The molecule has 3 rings (SSSR count). The second-order valence-electron chi connectivity index (χ2n) is 11.5. The molecule has 3 aromatic carbocycles. The molecular weight excluding hydrogens is 546 g/mol. The number of aromatic hydroxyl groups is 1. The molecule has 3 aromatic rings. The van der Waals surface area contributed by atoms with Crippen molar-refractivity contribution in [3.8, 4) is 11.5 Å². The van der Waals surface area contributed by atoms with E-state index < -0.39 is 29.7 Å². The summed E-state index contributed by atoms with van der Waals surface area (Å²) in [6.45, 7) is 11.3. The predicted molar refractivity (Wildman–Crippen MR) is 167 cm³/mol. The van der Waals surface area contributed by atoms with Crippen molar-refractivity contribution in [3.63, 3.8) is 0 Å². The normalized spacial score (nSPS) is 12.5. The van der Waals surface area contributed by atoms with E-state index in [4.69, 9.17) is 9.47 Å².